The number of carbonyl (C=O) groups excluding carboxylic acids is 2. The van der Waals surface area contributed by atoms with Gasteiger partial charge in [0.2, 0.25) is 5.91 Å². The van der Waals surface area contributed by atoms with Crippen molar-refractivity contribution in [2.24, 2.45) is 0 Å². The molecular formula is C29H26N2O5. The van der Waals surface area contributed by atoms with Gasteiger partial charge in [-0.15, -0.1) is 0 Å². The number of non-ortho nitro benzene ring substituents is 1. The van der Waals surface area contributed by atoms with Crippen LogP contribution < -0.4 is 0 Å². The molecule has 1 unspecified atom stereocenters. The van der Waals surface area contributed by atoms with Crippen molar-refractivity contribution >= 4 is 28.3 Å². The molecule has 1 aromatic heterocycles. The van der Waals surface area contributed by atoms with E-state index in [1.54, 1.807) is 17.0 Å². The lowest BCUT2D eigenvalue weighted by Crippen LogP contribution is -2.43. The van der Waals surface area contributed by atoms with E-state index in [1.807, 2.05) is 61.5 Å². The second kappa shape index (κ2) is 9.77. The number of carbonyl (C=O) groups is 2. The number of nitro groups is 1. The van der Waals surface area contributed by atoms with Crippen LogP contribution in [0.1, 0.15) is 36.8 Å². The zero-order valence-corrected chi connectivity index (χ0v) is 19.9. The molecule has 1 saturated heterocycles. The Kier molecular flexibility index (Phi) is 6.38. The van der Waals surface area contributed by atoms with E-state index in [1.165, 1.54) is 12.1 Å². The second-order valence-corrected chi connectivity index (χ2v) is 9.25. The molecule has 1 fully saturated rings. The third-order valence-electron chi connectivity index (χ3n) is 6.90. The Morgan fingerprint density at radius 3 is 2.53 bits per heavy atom. The van der Waals surface area contributed by atoms with Crippen molar-refractivity contribution in [3.63, 3.8) is 0 Å². The van der Waals surface area contributed by atoms with Crippen molar-refractivity contribution in [2.75, 3.05) is 6.54 Å². The van der Waals surface area contributed by atoms with Gasteiger partial charge in [0.05, 0.1) is 16.9 Å². The standard InChI is InChI=1S/C29H26N2O5/c1-19(21-6-3-2-4-7-21)29(33)30-15-5-8-25(30)26(32)17-20-9-14-27-23(16-20)18-28(36-27)22-10-12-24(13-11-22)31(34)35/h2-4,6-7,9-14,16,18-19,25H,5,8,15,17H2,1H3/t19-,25?/m1/s1. The van der Waals surface area contributed by atoms with Crippen LogP contribution >= 0.6 is 0 Å². The number of fused-ring (bicyclic) bond motifs is 1. The van der Waals surface area contributed by atoms with E-state index in [9.17, 15) is 19.7 Å². The van der Waals surface area contributed by atoms with Crippen LogP contribution in [0.3, 0.4) is 0 Å². The molecule has 0 saturated carbocycles. The van der Waals surface area contributed by atoms with Crippen molar-refractivity contribution in [3.8, 4) is 11.3 Å². The maximum Gasteiger partial charge on any atom is 0.269 e. The first-order chi connectivity index (χ1) is 17.4. The van der Waals surface area contributed by atoms with Crippen LogP contribution in [0.15, 0.2) is 83.3 Å². The Hall–Kier alpha value is -4.26. The fraction of sp³-hybridized carbons (Fsp3) is 0.241. The summed E-state index contributed by atoms with van der Waals surface area (Å²) in [6.45, 7) is 2.50. The highest BCUT2D eigenvalue weighted by Gasteiger charge is 2.35. The molecule has 36 heavy (non-hydrogen) atoms. The molecule has 0 bridgehead atoms. The molecular weight excluding hydrogens is 456 g/mol. The molecule has 4 aromatic rings. The first kappa shape index (κ1) is 23.5. The minimum atomic E-state index is -0.437. The summed E-state index contributed by atoms with van der Waals surface area (Å²) in [6, 6.07) is 23.0. The average molecular weight is 483 g/mol. The number of benzene rings is 3. The summed E-state index contributed by atoms with van der Waals surface area (Å²) in [6.07, 6.45) is 1.75. The average Bonchev–Trinajstić information content (AvgIpc) is 3.56. The smallest absolute Gasteiger partial charge is 0.269 e. The molecule has 3 aromatic carbocycles. The van der Waals surface area contributed by atoms with Crippen LogP contribution in [0.5, 0.6) is 0 Å². The molecule has 7 heteroatoms. The molecule has 1 aliphatic heterocycles. The highest BCUT2D eigenvalue weighted by Crippen LogP contribution is 2.31. The van der Waals surface area contributed by atoms with Crippen LogP contribution in [0.25, 0.3) is 22.3 Å². The van der Waals surface area contributed by atoms with Gasteiger partial charge in [0.15, 0.2) is 5.78 Å². The lowest BCUT2D eigenvalue weighted by atomic mass is 9.97. The predicted octanol–water partition coefficient (Wildman–Crippen LogP) is 5.91. The fourth-order valence-electron chi connectivity index (χ4n) is 4.91. The SMILES string of the molecule is C[C@@H](C(=O)N1CCCC1C(=O)Cc1ccc2oc(-c3ccc([N+](=O)[O-])cc3)cc2c1)c1ccccc1. The normalized spacial score (nSPS) is 16.2. The van der Waals surface area contributed by atoms with E-state index >= 15 is 0 Å². The van der Waals surface area contributed by atoms with E-state index in [0.29, 0.717) is 24.3 Å². The molecule has 0 radical (unpaired) electrons. The maximum absolute atomic E-state index is 13.3. The quantitative estimate of drug-likeness (QED) is 0.241. The van der Waals surface area contributed by atoms with E-state index in [0.717, 1.165) is 28.5 Å². The second-order valence-electron chi connectivity index (χ2n) is 9.25. The van der Waals surface area contributed by atoms with Gasteiger partial charge in [-0.05, 0) is 61.2 Å². The van der Waals surface area contributed by atoms with Crippen LogP contribution in [0.4, 0.5) is 5.69 Å². The van der Waals surface area contributed by atoms with Crippen molar-refractivity contribution < 1.29 is 18.9 Å². The van der Waals surface area contributed by atoms with Gasteiger partial charge >= 0.3 is 0 Å². The summed E-state index contributed by atoms with van der Waals surface area (Å²) in [5.41, 5.74) is 3.25. The zero-order chi connectivity index (χ0) is 25.2. The topological polar surface area (TPSA) is 93.7 Å². The molecule has 0 spiro atoms. The highest BCUT2D eigenvalue weighted by molar-refractivity contribution is 5.93. The Morgan fingerprint density at radius 2 is 1.81 bits per heavy atom. The van der Waals surface area contributed by atoms with Crippen LogP contribution in [0, 0.1) is 10.1 Å². The molecule has 7 nitrogen and oxygen atoms in total. The molecule has 2 atom stereocenters. The molecule has 2 heterocycles. The molecule has 182 valence electrons. The van der Waals surface area contributed by atoms with Gasteiger partial charge in [0.1, 0.15) is 11.3 Å². The van der Waals surface area contributed by atoms with Gasteiger partial charge in [-0.1, -0.05) is 36.4 Å². The number of nitro benzene ring substituents is 1. The van der Waals surface area contributed by atoms with Crippen molar-refractivity contribution in [1.82, 2.24) is 4.90 Å². The number of rotatable bonds is 7. The summed E-state index contributed by atoms with van der Waals surface area (Å²) in [4.78, 5) is 38.7. The largest absolute Gasteiger partial charge is 0.456 e. The zero-order valence-electron chi connectivity index (χ0n) is 19.9. The van der Waals surface area contributed by atoms with Gasteiger partial charge in [-0.25, -0.2) is 0 Å². The van der Waals surface area contributed by atoms with Gasteiger partial charge in [0, 0.05) is 36.0 Å². The van der Waals surface area contributed by atoms with Crippen molar-refractivity contribution in [3.05, 3.63) is 100 Å². The first-order valence-corrected chi connectivity index (χ1v) is 12.1. The number of nitrogens with zero attached hydrogens (tertiary/aromatic N) is 2. The lowest BCUT2D eigenvalue weighted by Gasteiger charge is -2.27. The Balaban J connectivity index is 1.30. The van der Waals surface area contributed by atoms with Crippen LogP contribution in [0.2, 0.25) is 0 Å². The summed E-state index contributed by atoms with van der Waals surface area (Å²) < 4.78 is 5.92. The molecule has 0 aliphatic carbocycles. The summed E-state index contributed by atoms with van der Waals surface area (Å²) in [5.74, 6) is 0.347. The number of hydrogen-bond donors (Lipinski definition) is 0. The maximum atomic E-state index is 13.3. The lowest BCUT2D eigenvalue weighted by molar-refractivity contribution is -0.384. The van der Waals surface area contributed by atoms with Gasteiger partial charge in [0.25, 0.3) is 5.69 Å². The van der Waals surface area contributed by atoms with Crippen molar-refractivity contribution in [1.29, 1.82) is 0 Å². The van der Waals surface area contributed by atoms with Crippen molar-refractivity contribution in [2.45, 2.75) is 38.1 Å². The minimum absolute atomic E-state index is 0.00456. The van der Waals surface area contributed by atoms with E-state index < -0.39 is 11.0 Å². The van der Waals surface area contributed by atoms with E-state index in [4.69, 9.17) is 4.42 Å². The Labute approximate surface area is 208 Å². The third kappa shape index (κ3) is 4.64. The van der Waals surface area contributed by atoms with Crippen LogP contribution in [-0.4, -0.2) is 34.1 Å². The summed E-state index contributed by atoms with van der Waals surface area (Å²) in [7, 11) is 0. The summed E-state index contributed by atoms with van der Waals surface area (Å²) in [5, 5.41) is 11.8. The minimum Gasteiger partial charge on any atom is -0.456 e. The number of hydrogen-bond acceptors (Lipinski definition) is 5. The van der Waals surface area contributed by atoms with E-state index in [2.05, 4.69) is 0 Å². The van der Waals surface area contributed by atoms with Gasteiger partial charge < -0.3 is 9.32 Å². The number of Topliss-reactive ketones (excluding diaryl/α,β-unsaturated/α-hetero) is 1. The predicted molar refractivity (Wildman–Crippen MR) is 137 cm³/mol. The summed E-state index contributed by atoms with van der Waals surface area (Å²) >= 11 is 0. The number of likely N-dealkylation sites (tertiary alicyclic amines) is 1. The first-order valence-electron chi connectivity index (χ1n) is 12.1. The molecule has 0 N–H and O–H groups in total. The monoisotopic (exact) mass is 482 g/mol. The molecule has 1 aliphatic rings. The Morgan fingerprint density at radius 1 is 1.06 bits per heavy atom. The fourth-order valence-corrected chi connectivity index (χ4v) is 4.91. The number of ketones is 1. The molecule has 1 amide bonds. The highest BCUT2D eigenvalue weighted by atomic mass is 16.6. The van der Waals surface area contributed by atoms with Crippen LogP contribution in [-0.2, 0) is 16.0 Å². The van der Waals surface area contributed by atoms with Gasteiger partial charge in [-0.3, -0.25) is 19.7 Å². The number of amides is 1. The van der Waals surface area contributed by atoms with Gasteiger partial charge in [-0.2, -0.15) is 0 Å². The Bertz CT molecular complexity index is 1430. The number of furan rings is 1. The molecule has 5 rings (SSSR count). The third-order valence-corrected chi connectivity index (χ3v) is 6.90. The van der Waals surface area contributed by atoms with E-state index in [-0.39, 0.29) is 29.7 Å².